The van der Waals surface area contributed by atoms with E-state index in [4.69, 9.17) is 5.11 Å². The van der Waals surface area contributed by atoms with Gasteiger partial charge in [0.15, 0.2) is 0 Å². The highest BCUT2D eigenvalue weighted by molar-refractivity contribution is 4.96. The number of aryl methyl sites for hydroxylation is 1. The van der Waals surface area contributed by atoms with Gasteiger partial charge in [0.2, 0.25) is 0 Å². The summed E-state index contributed by atoms with van der Waals surface area (Å²) in [6.45, 7) is 4.30. The lowest BCUT2D eigenvalue weighted by Gasteiger charge is -2.15. The summed E-state index contributed by atoms with van der Waals surface area (Å²) < 4.78 is 2.02. The van der Waals surface area contributed by atoms with Gasteiger partial charge in [-0.15, -0.1) is 0 Å². The van der Waals surface area contributed by atoms with Crippen molar-refractivity contribution in [1.29, 1.82) is 0 Å². The van der Waals surface area contributed by atoms with Crippen LogP contribution in [0.1, 0.15) is 31.9 Å². The number of aromatic nitrogens is 2. The second-order valence-electron chi connectivity index (χ2n) is 4.29. The first-order valence-corrected chi connectivity index (χ1v) is 6.04. The maximum absolute atomic E-state index is 8.95. The number of hydrogen-bond donors (Lipinski definition) is 2. The highest BCUT2D eigenvalue weighted by atomic mass is 16.3. The molecule has 0 aromatic carbocycles. The molecular weight excluding hydrogens is 202 g/mol. The van der Waals surface area contributed by atoms with E-state index < -0.39 is 0 Å². The molecule has 4 heteroatoms. The first-order chi connectivity index (χ1) is 7.77. The van der Waals surface area contributed by atoms with Crippen LogP contribution >= 0.6 is 0 Å². The molecule has 2 N–H and O–H groups in total. The highest BCUT2D eigenvalue weighted by Crippen LogP contribution is 2.09. The summed E-state index contributed by atoms with van der Waals surface area (Å²) in [5.41, 5.74) is 1.19. The third kappa shape index (κ3) is 4.33. The molecule has 1 aromatic rings. The zero-order valence-electron chi connectivity index (χ0n) is 10.3. The SMILES string of the molecule is CCCC(CCO)CNCc1cncn1C. The zero-order valence-corrected chi connectivity index (χ0v) is 10.3. The van der Waals surface area contributed by atoms with Crippen molar-refractivity contribution < 1.29 is 5.11 Å². The number of imidazole rings is 1. The quantitative estimate of drug-likeness (QED) is 0.701. The van der Waals surface area contributed by atoms with Gasteiger partial charge in [-0.05, 0) is 25.3 Å². The van der Waals surface area contributed by atoms with Gasteiger partial charge in [0.1, 0.15) is 0 Å². The van der Waals surface area contributed by atoms with Crippen LogP contribution in [0, 0.1) is 5.92 Å². The van der Waals surface area contributed by atoms with Crippen molar-refractivity contribution in [1.82, 2.24) is 14.9 Å². The maximum atomic E-state index is 8.95. The van der Waals surface area contributed by atoms with Gasteiger partial charge in [-0.25, -0.2) is 4.98 Å². The van der Waals surface area contributed by atoms with Crippen molar-refractivity contribution in [3.63, 3.8) is 0 Å². The van der Waals surface area contributed by atoms with E-state index in [1.54, 1.807) is 0 Å². The summed E-state index contributed by atoms with van der Waals surface area (Å²) in [4.78, 5) is 4.08. The molecule has 1 atom stereocenters. The fourth-order valence-corrected chi connectivity index (χ4v) is 1.90. The number of hydrogen-bond acceptors (Lipinski definition) is 3. The van der Waals surface area contributed by atoms with Crippen LogP contribution in [0.15, 0.2) is 12.5 Å². The van der Waals surface area contributed by atoms with E-state index in [1.165, 1.54) is 18.5 Å². The van der Waals surface area contributed by atoms with Crippen molar-refractivity contribution in [3.8, 4) is 0 Å². The molecule has 0 aliphatic rings. The van der Waals surface area contributed by atoms with Crippen LogP contribution < -0.4 is 5.32 Å². The minimum absolute atomic E-state index is 0.290. The fraction of sp³-hybridized carbons (Fsp3) is 0.750. The summed E-state index contributed by atoms with van der Waals surface area (Å²) in [5, 5.41) is 12.4. The third-order valence-corrected chi connectivity index (χ3v) is 2.89. The first kappa shape index (κ1) is 13.2. The molecule has 1 heterocycles. The Balaban J connectivity index is 2.24. The number of nitrogens with one attached hydrogen (secondary N) is 1. The predicted molar refractivity (Wildman–Crippen MR) is 65.0 cm³/mol. The molecule has 0 saturated heterocycles. The standard InChI is InChI=1S/C12H23N3O/c1-3-4-11(5-6-16)7-13-8-12-9-14-10-15(12)2/h9-11,13,16H,3-8H2,1-2H3. The summed E-state index contributed by atoms with van der Waals surface area (Å²) >= 11 is 0. The Morgan fingerprint density at radius 1 is 1.50 bits per heavy atom. The molecule has 1 unspecified atom stereocenters. The van der Waals surface area contributed by atoms with Gasteiger partial charge in [0.05, 0.1) is 12.0 Å². The number of aliphatic hydroxyl groups is 1. The second-order valence-corrected chi connectivity index (χ2v) is 4.29. The average molecular weight is 225 g/mol. The first-order valence-electron chi connectivity index (χ1n) is 6.04. The Kier molecular flexibility index (Phi) is 6.11. The van der Waals surface area contributed by atoms with Gasteiger partial charge in [-0.3, -0.25) is 0 Å². The smallest absolute Gasteiger partial charge is 0.0945 e. The number of rotatable bonds is 8. The van der Waals surface area contributed by atoms with Crippen LogP contribution in [0.3, 0.4) is 0 Å². The second kappa shape index (κ2) is 7.41. The molecule has 0 aliphatic carbocycles. The lowest BCUT2D eigenvalue weighted by molar-refractivity contribution is 0.248. The Hall–Kier alpha value is -0.870. The summed E-state index contributed by atoms with van der Waals surface area (Å²) in [5.74, 6) is 0.586. The lowest BCUT2D eigenvalue weighted by Crippen LogP contribution is -2.24. The van der Waals surface area contributed by atoms with Crippen LogP contribution in [0.5, 0.6) is 0 Å². The minimum atomic E-state index is 0.290. The molecule has 4 nitrogen and oxygen atoms in total. The van der Waals surface area contributed by atoms with Gasteiger partial charge >= 0.3 is 0 Å². The molecule has 0 bridgehead atoms. The number of nitrogens with zero attached hydrogens (tertiary/aromatic N) is 2. The molecular formula is C12H23N3O. The van der Waals surface area contributed by atoms with E-state index >= 15 is 0 Å². The molecule has 0 saturated carbocycles. The fourth-order valence-electron chi connectivity index (χ4n) is 1.90. The molecule has 0 amide bonds. The normalized spacial score (nSPS) is 12.9. The van der Waals surface area contributed by atoms with E-state index in [2.05, 4.69) is 17.2 Å². The van der Waals surface area contributed by atoms with Crippen LogP contribution in [0.2, 0.25) is 0 Å². The van der Waals surface area contributed by atoms with E-state index in [9.17, 15) is 0 Å². The van der Waals surface area contributed by atoms with E-state index in [1.807, 2.05) is 24.1 Å². The molecule has 1 rings (SSSR count). The van der Waals surface area contributed by atoms with Gasteiger partial charge in [-0.2, -0.15) is 0 Å². The monoisotopic (exact) mass is 225 g/mol. The summed E-state index contributed by atoms with van der Waals surface area (Å²) in [7, 11) is 2.00. The number of aliphatic hydroxyl groups excluding tert-OH is 1. The Bertz CT molecular complexity index is 280. The zero-order chi connectivity index (χ0) is 11.8. The van der Waals surface area contributed by atoms with Crippen LogP contribution in [0.25, 0.3) is 0 Å². The van der Waals surface area contributed by atoms with Crippen LogP contribution in [-0.2, 0) is 13.6 Å². The Labute approximate surface area is 97.7 Å². The minimum Gasteiger partial charge on any atom is -0.396 e. The molecule has 92 valence electrons. The largest absolute Gasteiger partial charge is 0.396 e. The lowest BCUT2D eigenvalue weighted by atomic mass is 10.0. The maximum Gasteiger partial charge on any atom is 0.0945 e. The van der Waals surface area contributed by atoms with E-state index in [0.29, 0.717) is 5.92 Å². The molecule has 1 aromatic heterocycles. The van der Waals surface area contributed by atoms with Crippen molar-refractivity contribution in [2.45, 2.75) is 32.7 Å². The molecule has 0 spiro atoms. The van der Waals surface area contributed by atoms with Gasteiger partial charge in [0, 0.05) is 26.4 Å². The molecule has 0 fully saturated rings. The van der Waals surface area contributed by atoms with E-state index in [0.717, 1.165) is 19.5 Å². The molecule has 0 radical (unpaired) electrons. The van der Waals surface area contributed by atoms with Crippen molar-refractivity contribution in [3.05, 3.63) is 18.2 Å². The van der Waals surface area contributed by atoms with Crippen LogP contribution in [-0.4, -0.2) is 27.8 Å². The van der Waals surface area contributed by atoms with Crippen molar-refractivity contribution in [2.24, 2.45) is 13.0 Å². The van der Waals surface area contributed by atoms with Crippen molar-refractivity contribution >= 4 is 0 Å². The van der Waals surface area contributed by atoms with Gasteiger partial charge < -0.3 is 15.0 Å². The van der Waals surface area contributed by atoms with Crippen LogP contribution in [0.4, 0.5) is 0 Å². The summed E-state index contributed by atoms with van der Waals surface area (Å²) in [6.07, 6.45) is 6.95. The third-order valence-electron chi connectivity index (χ3n) is 2.89. The summed E-state index contributed by atoms with van der Waals surface area (Å²) in [6, 6.07) is 0. The van der Waals surface area contributed by atoms with Gasteiger partial charge in [-0.1, -0.05) is 13.3 Å². The molecule has 16 heavy (non-hydrogen) atoms. The Morgan fingerprint density at radius 2 is 2.31 bits per heavy atom. The Morgan fingerprint density at radius 3 is 2.88 bits per heavy atom. The molecule has 0 aliphatic heterocycles. The average Bonchev–Trinajstić information content (AvgIpc) is 2.65. The van der Waals surface area contributed by atoms with E-state index in [-0.39, 0.29) is 6.61 Å². The predicted octanol–water partition coefficient (Wildman–Crippen LogP) is 1.31. The van der Waals surface area contributed by atoms with Crippen molar-refractivity contribution in [2.75, 3.05) is 13.2 Å². The van der Waals surface area contributed by atoms with Gasteiger partial charge in [0.25, 0.3) is 0 Å². The highest BCUT2D eigenvalue weighted by Gasteiger charge is 2.07. The topological polar surface area (TPSA) is 50.1 Å².